The minimum Gasteiger partial charge on any atom is -0.336 e. The highest BCUT2D eigenvalue weighted by Crippen LogP contribution is 2.30. The molecule has 6 rings (SSSR count). The van der Waals surface area contributed by atoms with Crippen molar-refractivity contribution in [3.63, 3.8) is 0 Å². The van der Waals surface area contributed by atoms with Crippen molar-refractivity contribution in [1.82, 2.24) is 39.9 Å². The van der Waals surface area contributed by atoms with Crippen LogP contribution in [0.3, 0.4) is 0 Å². The summed E-state index contributed by atoms with van der Waals surface area (Å²) in [6, 6.07) is 11.9. The van der Waals surface area contributed by atoms with Gasteiger partial charge in [0.25, 0.3) is 0 Å². The number of rotatable bonds is 3. The molecular weight excluding hydrogens is 395 g/mol. The van der Waals surface area contributed by atoms with E-state index in [0.717, 1.165) is 27.9 Å². The fraction of sp³-hybridized carbons (Fsp3) is 0.0455. The molecule has 1 aromatic carbocycles. The highest BCUT2D eigenvalue weighted by atomic mass is 19.1. The number of hydrogen-bond acceptors (Lipinski definition) is 5. The molecule has 0 aliphatic carbocycles. The van der Waals surface area contributed by atoms with Crippen molar-refractivity contribution >= 4 is 22.1 Å². The molecule has 0 atom stereocenters. The molecule has 0 unspecified atom stereocenters. The molecule has 0 bridgehead atoms. The summed E-state index contributed by atoms with van der Waals surface area (Å²) in [5, 5.41) is 11.7. The van der Waals surface area contributed by atoms with E-state index in [1.807, 2.05) is 31.4 Å². The normalized spacial score (nSPS) is 11.5. The van der Waals surface area contributed by atoms with Crippen LogP contribution in [0.2, 0.25) is 0 Å². The quantitative estimate of drug-likeness (QED) is 0.457. The molecule has 0 fully saturated rings. The average Bonchev–Trinajstić information content (AvgIpc) is 3.51. The van der Waals surface area contributed by atoms with Crippen LogP contribution in [0.5, 0.6) is 0 Å². The molecule has 8 nitrogen and oxygen atoms in total. The summed E-state index contributed by atoms with van der Waals surface area (Å²) in [6.45, 7) is 0. The lowest BCUT2D eigenvalue weighted by Gasteiger charge is -2.01. The first-order chi connectivity index (χ1) is 15.2. The zero-order valence-electron chi connectivity index (χ0n) is 16.3. The molecule has 0 aliphatic heterocycles. The van der Waals surface area contributed by atoms with E-state index in [9.17, 15) is 4.39 Å². The maximum atomic E-state index is 13.3. The van der Waals surface area contributed by atoms with Crippen molar-refractivity contribution in [2.24, 2.45) is 7.05 Å². The average molecular weight is 410 g/mol. The van der Waals surface area contributed by atoms with Gasteiger partial charge in [-0.15, -0.1) is 0 Å². The Kier molecular flexibility index (Phi) is 3.69. The Morgan fingerprint density at radius 1 is 0.871 bits per heavy atom. The molecule has 0 saturated heterocycles. The maximum Gasteiger partial charge on any atom is 0.161 e. The van der Waals surface area contributed by atoms with Crippen LogP contribution in [-0.4, -0.2) is 39.9 Å². The number of fused-ring (bicyclic) bond motifs is 2. The minimum atomic E-state index is -0.294. The number of nitrogens with zero attached hydrogens (tertiary/aromatic N) is 6. The third kappa shape index (κ3) is 2.86. The Balaban J connectivity index is 1.50. The van der Waals surface area contributed by atoms with Gasteiger partial charge in [-0.25, -0.2) is 14.4 Å². The Bertz CT molecular complexity index is 1560. The molecule has 5 heterocycles. The van der Waals surface area contributed by atoms with Crippen LogP contribution in [-0.2, 0) is 7.05 Å². The van der Waals surface area contributed by atoms with Crippen LogP contribution < -0.4 is 0 Å². The molecule has 5 aromatic heterocycles. The van der Waals surface area contributed by atoms with E-state index >= 15 is 0 Å². The van der Waals surface area contributed by atoms with Gasteiger partial charge in [0.15, 0.2) is 11.5 Å². The number of aryl methyl sites for hydroxylation is 1. The van der Waals surface area contributed by atoms with Crippen molar-refractivity contribution in [3.8, 4) is 34.0 Å². The number of aromatic amines is 2. The Morgan fingerprint density at radius 2 is 1.71 bits per heavy atom. The van der Waals surface area contributed by atoms with Crippen molar-refractivity contribution in [2.45, 2.75) is 0 Å². The molecule has 0 spiro atoms. The first kappa shape index (κ1) is 17.5. The lowest BCUT2D eigenvalue weighted by atomic mass is 10.1. The molecule has 31 heavy (non-hydrogen) atoms. The van der Waals surface area contributed by atoms with Gasteiger partial charge in [0.2, 0.25) is 0 Å². The fourth-order valence-corrected chi connectivity index (χ4v) is 3.64. The second-order valence-corrected chi connectivity index (χ2v) is 7.22. The highest BCUT2D eigenvalue weighted by molar-refractivity contribution is 5.95. The number of aromatic nitrogens is 8. The van der Waals surface area contributed by atoms with Crippen molar-refractivity contribution < 1.29 is 4.39 Å². The van der Waals surface area contributed by atoms with Gasteiger partial charge in [0.1, 0.15) is 16.9 Å². The number of H-pyrrole nitrogens is 2. The van der Waals surface area contributed by atoms with Crippen LogP contribution in [0.25, 0.3) is 56.1 Å². The van der Waals surface area contributed by atoms with Gasteiger partial charge in [0.05, 0.1) is 28.6 Å². The maximum absolute atomic E-state index is 13.3. The molecule has 9 heteroatoms. The topological polar surface area (TPSA) is 101 Å². The van der Waals surface area contributed by atoms with E-state index < -0.39 is 0 Å². The SMILES string of the molecule is Cn1cc(-c2ccc3[nH]nc(-c4nc5c(-c6ccc(F)cc6)nccc5[nH]4)c3n2)cn1. The Hall–Kier alpha value is -4.40. The summed E-state index contributed by atoms with van der Waals surface area (Å²) in [7, 11) is 1.87. The highest BCUT2D eigenvalue weighted by Gasteiger charge is 2.17. The molecular formula is C22H15FN8. The Labute approximate surface area is 174 Å². The first-order valence-corrected chi connectivity index (χ1v) is 9.61. The summed E-state index contributed by atoms with van der Waals surface area (Å²) in [6.07, 6.45) is 5.38. The predicted molar refractivity (Wildman–Crippen MR) is 114 cm³/mol. The number of nitrogens with one attached hydrogen (secondary N) is 2. The summed E-state index contributed by atoms with van der Waals surface area (Å²) >= 11 is 0. The van der Waals surface area contributed by atoms with Gasteiger partial charge in [-0.1, -0.05) is 0 Å². The van der Waals surface area contributed by atoms with Crippen LogP contribution >= 0.6 is 0 Å². The molecule has 6 aromatic rings. The lowest BCUT2D eigenvalue weighted by Crippen LogP contribution is -1.87. The minimum absolute atomic E-state index is 0.294. The van der Waals surface area contributed by atoms with E-state index in [-0.39, 0.29) is 5.82 Å². The lowest BCUT2D eigenvalue weighted by molar-refractivity contribution is 0.628. The predicted octanol–water partition coefficient (Wildman–Crippen LogP) is 4.10. The first-order valence-electron chi connectivity index (χ1n) is 9.61. The second kappa shape index (κ2) is 6.56. The van der Waals surface area contributed by atoms with Crippen molar-refractivity contribution in [2.75, 3.05) is 0 Å². The van der Waals surface area contributed by atoms with E-state index in [4.69, 9.17) is 9.97 Å². The van der Waals surface area contributed by atoms with Gasteiger partial charge in [-0.2, -0.15) is 10.2 Å². The second-order valence-electron chi connectivity index (χ2n) is 7.22. The smallest absolute Gasteiger partial charge is 0.161 e. The molecule has 0 aliphatic rings. The molecule has 0 saturated carbocycles. The zero-order chi connectivity index (χ0) is 20.9. The number of halogens is 1. The van der Waals surface area contributed by atoms with Crippen LogP contribution in [0.15, 0.2) is 61.1 Å². The van der Waals surface area contributed by atoms with E-state index in [1.165, 1.54) is 12.1 Å². The van der Waals surface area contributed by atoms with Crippen molar-refractivity contribution in [3.05, 3.63) is 66.9 Å². The number of imidazole rings is 1. The summed E-state index contributed by atoms with van der Waals surface area (Å²) in [5.74, 6) is 0.283. The summed E-state index contributed by atoms with van der Waals surface area (Å²) in [5.41, 5.74) is 6.79. The van der Waals surface area contributed by atoms with Crippen molar-refractivity contribution in [1.29, 1.82) is 0 Å². The van der Waals surface area contributed by atoms with E-state index in [0.29, 0.717) is 28.2 Å². The number of hydrogen-bond donors (Lipinski definition) is 2. The van der Waals surface area contributed by atoms with Gasteiger partial charge in [-0.05, 0) is 42.5 Å². The molecule has 2 N–H and O–H groups in total. The third-order valence-electron chi connectivity index (χ3n) is 5.15. The van der Waals surface area contributed by atoms with Crippen LogP contribution in [0, 0.1) is 5.82 Å². The van der Waals surface area contributed by atoms with Gasteiger partial charge in [0, 0.05) is 30.6 Å². The molecule has 0 radical (unpaired) electrons. The van der Waals surface area contributed by atoms with Crippen LogP contribution in [0.1, 0.15) is 0 Å². The molecule has 150 valence electrons. The largest absolute Gasteiger partial charge is 0.336 e. The third-order valence-corrected chi connectivity index (χ3v) is 5.15. The zero-order valence-corrected chi connectivity index (χ0v) is 16.3. The van der Waals surface area contributed by atoms with Gasteiger partial charge < -0.3 is 4.98 Å². The summed E-state index contributed by atoms with van der Waals surface area (Å²) < 4.78 is 15.1. The van der Waals surface area contributed by atoms with Gasteiger partial charge in [-0.3, -0.25) is 14.8 Å². The molecule has 0 amide bonds. The number of pyridine rings is 2. The monoisotopic (exact) mass is 410 g/mol. The standard InChI is InChI=1S/C22H15FN8/c1-31-11-13(10-25-31)15-6-7-17-20(26-15)21(30-29-17)22-27-16-8-9-24-18(19(16)28-22)12-2-4-14(23)5-3-12/h2-11H,1H3,(H,27,28)(H,29,30). The van der Waals surface area contributed by atoms with Crippen LogP contribution in [0.4, 0.5) is 4.39 Å². The van der Waals surface area contributed by atoms with E-state index in [1.54, 1.807) is 29.2 Å². The van der Waals surface area contributed by atoms with E-state index in [2.05, 4.69) is 25.3 Å². The Morgan fingerprint density at radius 3 is 2.52 bits per heavy atom. The van der Waals surface area contributed by atoms with Gasteiger partial charge >= 0.3 is 0 Å². The number of benzene rings is 1. The summed E-state index contributed by atoms with van der Waals surface area (Å²) in [4.78, 5) is 17.3. The fourth-order valence-electron chi connectivity index (χ4n) is 3.64.